The van der Waals surface area contributed by atoms with Gasteiger partial charge in [0.1, 0.15) is 5.76 Å². The molecule has 0 amide bonds. The van der Waals surface area contributed by atoms with E-state index in [0.29, 0.717) is 17.9 Å². The molecule has 1 aromatic heterocycles. The van der Waals surface area contributed by atoms with Gasteiger partial charge in [-0.25, -0.2) is 9.59 Å². The lowest BCUT2D eigenvalue weighted by Crippen LogP contribution is -2.40. The fourth-order valence-electron chi connectivity index (χ4n) is 5.05. The summed E-state index contributed by atoms with van der Waals surface area (Å²) in [5.41, 5.74) is 0.123. The summed E-state index contributed by atoms with van der Waals surface area (Å²) in [5.74, 6) is -1.28. The van der Waals surface area contributed by atoms with E-state index in [0.717, 1.165) is 18.8 Å². The summed E-state index contributed by atoms with van der Waals surface area (Å²) in [6.45, 7) is 1.99. The minimum Gasteiger partial charge on any atom is -0.473 e. The molecule has 172 valence electrons. The van der Waals surface area contributed by atoms with E-state index in [9.17, 15) is 0 Å². The van der Waals surface area contributed by atoms with Gasteiger partial charge in [-0.2, -0.15) is 0 Å². The van der Waals surface area contributed by atoms with Crippen LogP contribution in [-0.2, 0) is 20.9 Å². The van der Waals surface area contributed by atoms with Crippen LogP contribution in [0.1, 0.15) is 44.3 Å². The molecule has 31 heavy (non-hydrogen) atoms. The van der Waals surface area contributed by atoms with Crippen molar-refractivity contribution in [2.24, 2.45) is 11.8 Å². The van der Waals surface area contributed by atoms with E-state index >= 15 is 0 Å². The number of furan rings is 1. The van der Waals surface area contributed by atoms with Gasteiger partial charge in [0.25, 0.3) is 0 Å². The van der Waals surface area contributed by atoms with Crippen molar-refractivity contribution in [3.63, 3.8) is 0 Å². The molecule has 2 aliphatic carbocycles. The number of fused-ring (bicyclic) bond motifs is 3. The third-order valence-electron chi connectivity index (χ3n) is 6.33. The summed E-state index contributed by atoms with van der Waals surface area (Å²) in [6, 6.07) is 4.01. The average Bonchev–Trinajstić information content (AvgIpc) is 3.33. The van der Waals surface area contributed by atoms with Gasteiger partial charge in [-0.1, -0.05) is 37.1 Å². The molecule has 1 saturated heterocycles. The lowest BCUT2D eigenvalue weighted by Gasteiger charge is -2.39. The maximum absolute atomic E-state index is 9.10. The van der Waals surface area contributed by atoms with Gasteiger partial charge in [0.2, 0.25) is 0 Å². The Kier molecular flexibility index (Phi) is 9.03. The Balaban J connectivity index is 0.000000433. The van der Waals surface area contributed by atoms with E-state index in [1.807, 2.05) is 6.07 Å². The van der Waals surface area contributed by atoms with E-state index in [1.165, 1.54) is 38.5 Å². The van der Waals surface area contributed by atoms with Crippen LogP contribution < -0.4 is 0 Å². The first-order valence-electron chi connectivity index (χ1n) is 10.6. The van der Waals surface area contributed by atoms with Crippen molar-refractivity contribution in [3.8, 4) is 0 Å². The average molecular weight is 436 g/mol. The molecule has 1 aromatic rings. The fraction of sp³-hybridized carbons (Fsp3) is 0.565. The topological polar surface area (TPSA) is 132 Å². The lowest BCUT2D eigenvalue weighted by atomic mass is 9.68. The highest BCUT2D eigenvalue weighted by atomic mass is 16.5. The molecule has 4 rings (SSSR count). The van der Waals surface area contributed by atoms with Crippen LogP contribution in [0.3, 0.4) is 0 Å². The summed E-state index contributed by atoms with van der Waals surface area (Å²) in [6.07, 6.45) is 18.8. The Bertz CT molecular complexity index is 761. The second-order valence-corrected chi connectivity index (χ2v) is 8.38. The predicted molar refractivity (Wildman–Crippen MR) is 114 cm³/mol. The molecule has 1 saturated carbocycles. The van der Waals surface area contributed by atoms with E-state index in [2.05, 4.69) is 42.3 Å². The van der Waals surface area contributed by atoms with Crippen LogP contribution in [0.5, 0.6) is 0 Å². The molecule has 8 nitrogen and oxygen atoms in total. The van der Waals surface area contributed by atoms with Crippen LogP contribution in [0.25, 0.3) is 0 Å². The number of ether oxygens (including phenoxy) is 1. The number of hydrogen-bond acceptors (Lipinski definition) is 5. The van der Waals surface area contributed by atoms with Crippen molar-refractivity contribution in [2.75, 3.05) is 13.6 Å². The first kappa shape index (κ1) is 24.8. The highest BCUT2D eigenvalue weighted by Crippen LogP contribution is 2.52. The Labute approximate surface area is 182 Å². The smallest absolute Gasteiger partial charge is 0.414 e. The molecule has 0 bridgehead atoms. The van der Waals surface area contributed by atoms with Crippen LogP contribution in [0.2, 0.25) is 0 Å². The van der Waals surface area contributed by atoms with Crippen LogP contribution in [0.4, 0.5) is 0 Å². The molecule has 4 N–H and O–H groups in total. The number of carboxylic acid groups (broad SMARTS) is 2. The Morgan fingerprint density at radius 3 is 2.61 bits per heavy atom. The van der Waals surface area contributed by atoms with Gasteiger partial charge in [0, 0.05) is 5.92 Å². The molecule has 0 spiro atoms. The maximum atomic E-state index is 9.10. The van der Waals surface area contributed by atoms with Gasteiger partial charge in [0.05, 0.1) is 24.5 Å². The molecular weight excluding hydrogens is 402 g/mol. The number of allylic oxidation sites excluding steroid dienone is 2. The minimum atomic E-state index is -1.82. The Morgan fingerprint density at radius 2 is 1.94 bits per heavy atom. The SMILES string of the molecule is CN(CCCC12CCCCC1C1C=CC=CC1O2)Cc1ccco1.O.O=C(O)C(=O)O. The van der Waals surface area contributed by atoms with Gasteiger partial charge in [-0.05, 0) is 57.3 Å². The normalized spacial score (nSPS) is 28.1. The molecule has 4 atom stereocenters. The zero-order chi connectivity index (χ0) is 21.6. The molecule has 2 heterocycles. The monoisotopic (exact) mass is 435 g/mol. The van der Waals surface area contributed by atoms with Crippen LogP contribution in [0.15, 0.2) is 47.1 Å². The third-order valence-corrected chi connectivity index (χ3v) is 6.33. The highest BCUT2D eigenvalue weighted by Gasteiger charge is 2.53. The summed E-state index contributed by atoms with van der Waals surface area (Å²) in [7, 11) is 2.18. The van der Waals surface area contributed by atoms with Crippen LogP contribution in [0, 0.1) is 11.8 Å². The van der Waals surface area contributed by atoms with Crippen molar-refractivity contribution in [3.05, 3.63) is 48.5 Å². The molecule has 3 aliphatic rings. The quantitative estimate of drug-likeness (QED) is 0.657. The van der Waals surface area contributed by atoms with Gasteiger partial charge in [-0.3, -0.25) is 4.90 Å². The first-order chi connectivity index (χ1) is 14.4. The second-order valence-electron chi connectivity index (χ2n) is 8.38. The van der Waals surface area contributed by atoms with E-state index in [-0.39, 0.29) is 11.1 Å². The fourth-order valence-corrected chi connectivity index (χ4v) is 5.05. The Hall–Kier alpha value is -2.42. The van der Waals surface area contributed by atoms with Crippen molar-refractivity contribution in [2.45, 2.75) is 56.8 Å². The van der Waals surface area contributed by atoms with Gasteiger partial charge >= 0.3 is 11.9 Å². The van der Waals surface area contributed by atoms with Gasteiger partial charge in [0.15, 0.2) is 0 Å². The zero-order valence-corrected chi connectivity index (χ0v) is 17.9. The van der Waals surface area contributed by atoms with Gasteiger partial charge in [-0.15, -0.1) is 0 Å². The number of hydrogen-bond donors (Lipinski definition) is 2. The second kappa shape index (κ2) is 11.3. The van der Waals surface area contributed by atoms with Crippen LogP contribution in [-0.4, -0.2) is 57.8 Å². The standard InChI is InChI=1S/C21H29NO2.C2H2O4.H2O/c1-22(16-17-8-6-15-23-17)14-7-13-21-12-5-4-10-19(21)18-9-2-3-11-20(18)24-21;3-1(4)2(5)6;/h2-3,6,8-9,11,15,18-20H,4-5,7,10,12-14,16H2,1H3;(H,3,4)(H,5,6);1H2. The van der Waals surface area contributed by atoms with E-state index in [1.54, 1.807) is 6.26 Å². The largest absolute Gasteiger partial charge is 0.473 e. The number of rotatable bonds is 6. The Morgan fingerprint density at radius 1 is 1.19 bits per heavy atom. The maximum Gasteiger partial charge on any atom is 0.414 e. The number of carbonyl (C=O) groups is 2. The zero-order valence-electron chi connectivity index (χ0n) is 17.9. The molecule has 0 aromatic carbocycles. The summed E-state index contributed by atoms with van der Waals surface area (Å²) < 4.78 is 12.1. The van der Waals surface area contributed by atoms with Crippen molar-refractivity contribution in [1.82, 2.24) is 4.90 Å². The molecule has 8 heteroatoms. The molecule has 0 radical (unpaired) electrons. The van der Waals surface area contributed by atoms with Crippen molar-refractivity contribution >= 4 is 11.9 Å². The molecular formula is C23H33NO7. The molecule has 1 aliphatic heterocycles. The lowest BCUT2D eigenvalue weighted by molar-refractivity contribution is -0.159. The minimum absolute atomic E-state index is 0. The van der Waals surface area contributed by atoms with E-state index < -0.39 is 11.9 Å². The first-order valence-corrected chi connectivity index (χ1v) is 10.6. The van der Waals surface area contributed by atoms with Crippen molar-refractivity contribution in [1.29, 1.82) is 0 Å². The number of nitrogens with zero attached hydrogens (tertiary/aromatic N) is 1. The highest BCUT2D eigenvalue weighted by molar-refractivity contribution is 6.27. The summed E-state index contributed by atoms with van der Waals surface area (Å²) in [5, 5.41) is 14.8. The number of carboxylic acids is 2. The third kappa shape index (κ3) is 6.29. The summed E-state index contributed by atoms with van der Waals surface area (Å²) in [4.78, 5) is 20.6. The number of aliphatic carboxylic acids is 2. The van der Waals surface area contributed by atoms with Crippen LogP contribution >= 0.6 is 0 Å². The van der Waals surface area contributed by atoms with Gasteiger partial charge < -0.3 is 24.8 Å². The molecule has 2 fully saturated rings. The summed E-state index contributed by atoms with van der Waals surface area (Å²) >= 11 is 0. The predicted octanol–water partition coefficient (Wildman–Crippen LogP) is 2.89. The van der Waals surface area contributed by atoms with Crippen molar-refractivity contribution < 1.29 is 34.4 Å². The van der Waals surface area contributed by atoms with E-state index in [4.69, 9.17) is 29.0 Å². The molecule has 4 unspecified atom stereocenters.